The molecule has 0 unspecified atom stereocenters. The lowest BCUT2D eigenvalue weighted by atomic mass is 10.0. The molecule has 0 bridgehead atoms. The predicted molar refractivity (Wildman–Crippen MR) is 111 cm³/mol. The monoisotopic (exact) mass is 353 g/mol. The second-order valence-electron chi connectivity index (χ2n) is 7.42. The highest BCUT2D eigenvalue weighted by Crippen LogP contribution is 2.28. The Balaban J connectivity index is 1.41. The molecule has 0 amide bonds. The molecule has 27 heavy (non-hydrogen) atoms. The molecule has 0 aliphatic carbocycles. The summed E-state index contributed by atoms with van der Waals surface area (Å²) in [5.74, 6) is 0. The first-order valence-electron chi connectivity index (χ1n) is 9.61. The van der Waals surface area contributed by atoms with E-state index in [-0.39, 0.29) is 0 Å². The molecule has 4 aromatic rings. The average molecular weight is 353 g/mol. The number of rotatable bonds is 4. The van der Waals surface area contributed by atoms with Crippen molar-refractivity contribution in [3.63, 3.8) is 0 Å². The Morgan fingerprint density at radius 2 is 1.78 bits per heavy atom. The average Bonchev–Trinajstić information content (AvgIpc) is 3.24. The second kappa shape index (κ2) is 6.58. The van der Waals surface area contributed by atoms with Gasteiger partial charge in [0.15, 0.2) is 0 Å². The van der Waals surface area contributed by atoms with Crippen LogP contribution in [0.4, 0.5) is 0 Å². The fraction of sp³-hybridized carbons (Fsp3) is 0.208. The molecule has 5 rings (SSSR count). The van der Waals surface area contributed by atoms with Gasteiger partial charge in [-0.2, -0.15) is 0 Å². The number of hydrogen-bond donors (Lipinski definition) is 0. The molecular weight excluding hydrogens is 330 g/mol. The normalized spacial score (nSPS) is 13.6. The molecule has 0 N–H and O–H groups in total. The fourth-order valence-electron chi connectivity index (χ4n) is 4.06. The molecule has 0 atom stereocenters. The maximum Gasteiger partial charge on any atom is 0.0954 e. The van der Waals surface area contributed by atoms with Gasteiger partial charge < -0.3 is 9.13 Å². The zero-order valence-electron chi connectivity index (χ0n) is 15.6. The zero-order valence-corrected chi connectivity index (χ0v) is 15.6. The lowest BCUT2D eigenvalue weighted by molar-refractivity contribution is 0.764. The van der Waals surface area contributed by atoms with Crippen LogP contribution in [0.2, 0.25) is 0 Å². The molecule has 0 radical (unpaired) electrons. The molecule has 2 aromatic carbocycles. The van der Waals surface area contributed by atoms with E-state index < -0.39 is 0 Å². The first kappa shape index (κ1) is 16.1. The molecule has 0 saturated carbocycles. The Morgan fingerprint density at radius 3 is 2.67 bits per heavy atom. The Labute approximate surface area is 159 Å². The summed E-state index contributed by atoms with van der Waals surface area (Å²) in [6.45, 7) is 3.07. The molecule has 1 aliphatic heterocycles. The van der Waals surface area contributed by atoms with E-state index in [9.17, 15) is 0 Å². The standard InChI is InChI=1S/C24H23N3/c1-18-23(25-17-26(18)15-19-7-3-2-4-8-19)13-20-11-12-22-14-21-9-5-6-10-24(21)27(22)16-20/h2-10,14,16-17H,11-13,15H2,1H3. The molecule has 2 aromatic heterocycles. The summed E-state index contributed by atoms with van der Waals surface area (Å²) >= 11 is 0. The maximum absolute atomic E-state index is 4.72. The number of nitrogens with zero attached hydrogens (tertiary/aromatic N) is 3. The van der Waals surface area contributed by atoms with Crippen molar-refractivity contribution in [1.82, 2.24) is 14.1 Å². The summed E-state index contributed by atoms with van der Waals surface area (Å²) in [4.78, 5) is 4.72. The van der Waals surface area contributed by atoms with E-state index >= 15 is 0 Å². The number of allylic oxidation sites excluding steroid dienone is 1. The highest BCUT2D eigenvalue weighted by atomic mass is 15.1. The molecule has 1 aliphatic rings. The SMILES string of the molecule is Cc1c(CC2=Cn3c(cc4ccccc43)CC2)ncn1Cc1ccccc1. The number of para-hydroxylation sites is 1. The lowest BCUT2D eigenvalue weighted by Crippen LogP contribution is -2.07. The third-order valence-electron chi connectivity index (χ3n) is 5.63. The molecular formula is C24H23N3. The van der Waals surface area contributed by atoms with Gasteiger partial charge in [0.1, 0.15) is 0 Å². The minimum absolute atomic E-state index is 0.880. The number of aryl methyl sites for hydroxylation is 1. The van der Waals surface area contributed by atoms with Crippen molar-refractivity contribution in [2.75, 3.05) is 0 Å². The Bertz CT molecular complexity index is 1130. The van der Waals surface area contributed by atoms with E-state index in [0.717, 1.165) is 25.8 Å². The van der Waals surface area contributed by atoms with Crippen molar-refractivity contribution in [3.8, 4) is 0 Å². The Kier molecular flexibility index (Phi) is 3.93. The minimum Gasteiger partial charge on any atom is -0.330 e. The molecule has 0 spiro atoms. The molecule has 0 saturated heterocycles. The van der Waals surface area contributed by atoms with E-state index in [1.54, 1.807) is 0 Å². The van der Waals surface area contributed by atoms with Crippen LogP contribution >= 0.6 is 0 Å². The van der Waals surface area contributed by atoms with Crippen molar-refractivity contribution in [2.24, 2.45) is 0 Å². The number of benzene rings is 2. The van der Waals surface area contributed by atoms with Crippen molar-refractivity contribution < 1.29 is 0 Å². The van der Waals surface area contributed by atoms with Crippen LogP contribution < -0.4 is 0 Å². The van der Waals surface area contributed by atoms with E-state index in [1.165, 1.54) is 39.1 Å². The van der Waals surface area contributed by atoms with Gasteiger partial charge >= 0.3 is 0 Å². The van der Waals surface area contributed by atoms with Gasteiger partial charge in [-0.1, -0.05) is 48.5 Å². The summed E-state index contributed by atoms with van der Waals surface area (Å²) in [5, 5.41) is 1.33. The molecule has 134 valence electrons. The van der Waals surface area contributed by atoms with Crippen LogP contribution in [0.1, 0.15) is 29.1 Å². The number of hydrogen-bond acceptors (Lipinski definition) is 1. The van der Waals surface area contributed by atoms with Crippen LogP contribution in [-0.4, -0.2) is 14.1 Å². The van der Waals surface area contributed by atoms with Crippen molar-refractivity contribution in [1.29, 1.82) is 0 Å². The summed E-state index contributed by atoms with van der Waals surface area (Å²) in [5.41, 5.74) is 7.93. The van der Waals surface area contributed by atoms with Crippen molar-refractivity contribution in [2.45, 2.75) is 32.7 Å². The smallest absolute Gasteiger partial charge is 0.0954 e. The molecule has 3 heteroatoms. The third kappa shape index (κ3) is 2.99. The van der Waals surface area contributed by atoms with E-state index in [1.807, 2.05) is 6.33 Å². The maximum atomic E-state index is 4.72. The second-order valence-corrected chi connectivity index (χ2v) is 7.42. The number of imidazole rings is 1. The highest BCUT2D eigenvalue weighted by molar-refractivity contribution is 5.83. The van der Waals surface area contributed by atoms with Crippen molar-refractivity contribution in [3.05, 3.63) is 95.2 Å². The van der Waals surface area contributed by atoms with E-state index in [0.29, 0.717) is 0 Å². The Morgan fingerprint density at radius 1 is 0.963 bits per heavy atom. The molecule has 0 fully saturated rings. The van der Waals surface area contributed by atoms with Gasteiger partial charge in [-0.3, -0.25) is 0 Å². The predicted octanol–water partition coefficient (Wildman–Crippen LogP) is 5.22. The van der Waals surface area contributed by atoms with Gasteiger partial charge in [0.05, 0.1) is 17.5 Å². The quantitative estimate of drug-likeness (QED) is 0.493. The van der Waals surface area contributed by atoms with E-state index in [4.69, 9.17) is 4.98 Å². The van der Waals surface area contributed by atoms with Crippen LogP contribution in [0.15, 0.2) is 72.6 Å². The first-order valence-corrected chi connectivity index (χ1v) is 9.61. The van der Waals surface area contributed by atoms with Crippen LogP contribution in [-0.2, 0) is 19.4 Å². The van der Waals surface area contributed by atoms with Gasteiger partial charge in [0, 0.05) is 35.9 Å². The first-order chi connectivity index (χ1) is 13.3. The van der Waals surface area contributed by atoms with Gasteiger partial charge in [-0.25, -0.2) is 4.98 Å². The summed E-state index contributed by atoms with van der Waals surface area (Å²) in [6.07, 6.45) is 7.46. The third-order valence-corrected chi connectivity index (χ3v) is 5.63. The molecule has 3 heterocycles. The summed E-state index contributed by atoms with van der Waals surface area (Å²) in [6, 6.07) is 21.5. The van der Waals surface area contributed by atoms with Crippen LogP contribution in [0.5, 0.6) is 0 Å². The van der Waals surface area contributed by atoms with Crippen LogP contribution in [0.25, 0.3) is 17.1 Å². The highest BCUT2D eigenvalue weighted by Gasteiger charge is 2.16. The Hall–Kier alpha value is -3.07. The van der Waals surface area contributed by atoms with Gasteiger partial charge in [-0.15, -0.1) is 0 Å². The topological polar surface area (TPSA) is 22.8 Å². The van der Waals surface area contributed by atoms with Crippen molar-refractivity contribution >= 4 is 17.1 Å². The largest absolute Gasteiger partial charge is 0.330 e. The van der Waals surface area contributed by atoms with Gasteiger partial charge in [0.25, 0.3) is 0 Å². The minimum atomic E-state index is 0.880. The molecule has 3 nitrogen and oxygen atoms in total. The number of aromatic nitrogens is 3. The van der Waals surface area contributed by atoms with Crippen LogP contribution in [0.3, 0.4) is 0 Å². The summed E-state index contributed by atoms with van der Waals surface area (Å²) < 4.78 is 4.62. The lowest BCUT2D eigenvalue weighted by Gasteiger charge is -2.16. The van der Waals surface area contributed by atoms with Gasteiger partial charge in [-0.05, 0) is 43.0 Å². The van der Waals surface area contributed by atoms with Gasteiger partial charge in [0.2, 0.25) is 0 Å². The van der Waals surface area contributed by atoms with Crippen LogP contribution in [0, 0.1) is 6.92 Å². The fourth-order valence-corrected chi connectivity index (χ4v) is 4.06. The zero-order chi connectivity index (χ0) is 18.2. The number of fused-ring (bicyclic) bond motifs is 3. The summed E-state index contributed by atoms with van der Waals surface area (Å²) in [7, 11) is 0. The van der Waals surface area contributed by atoms with E-state index in [2.05, 4.69) is 82.9 Å².